The van der Waals surface area contributed by atoms with Crippen LogP contribution in [0, 0.1) is 0 Å². The van der Waals surface area contributed by atoms with Crippen molar-refractivity contribution in [3.63, 3.8) is 0 Å². The molecule has 1 amide bonds. The SMILES string of the molecule is O=C(Nc1cc(C(F)(F)F)cc(C(F)(F)F)c1)c1cc(N2CCCC2)ccc1O. The zero-order chi connectivity index (χ0) is 21.4. The second-order valence-electron chi connectivity index (χ2n) is 6.64. The average molecular weight is 418 g/mol. The van der Waals surface area contributed by atoms with Gasteiger partial charge >= 0.3 is 12.4 Å². The summed E-state index contributed by atoms with van der Waals surface area (Å²) in [7, 11) is 0. The van der Waals surface area contributed by atoms with Crippen LogP contribution in [0.25, 0.3) is 0 Å². The molecule has 4 nitrogen and oxygen atoms in total. The number of carbonyl (C=O) groups is 1. The normalized spacial score (nSPS) is 14.9. The number of phenolic OH excluding ortho intramolecular Hbond substituents is 1. The van der Waals surface area contributed by atoms with Gasteiger partial charge in [0, 0.05) is 24.5 Å². The number of aromatic hydroxyl groups is 1. The fourth-order valence-electron chi connectivity index (χ4n) is 3.10. The third kappa shape index (κ3) is 4.75. The number of hydrogen-bond acceptors (Lipinski definition) is 3. The van der Waals surface area contributed by atoms with E-state index in [4.69, 9.17) is 0 Å². The Hall–Kier alpha value is -2.91. The van der Waals surface area contributed by atoms with E-state index in [2.05, 4.69) is 0 Å². The van der Waals surface area contributed by atoms with E-state index in [0.29, 0.717) is 17.8 Å². The number of carbonyl (C=O) groups excluding carboxylic acids is 1. The first-order valence-corrected chi connectivity index (χ1v) is 8.64. The van der Waals surface area contributed by atoms with Crippen molar-refractivity contribution in [1.82, 2.24) is 0 Å². The van der Waals surface area contributed by atoms with E-state index in [1.54, 1.807) is 6.07 Å². The number of halogens is 6. The van der Waals surface area contributed by atoms with Crippen LogP contribution >= 0.6 is 0 Å². The Kier molecular flexibility index (Phi) is 5.38. The van der Waals surface area contributed by atoms with E-state index >= 15 is 0 Å². The molecule has 29 heavy (non-hydrogen) atoms. The number of nitrogens with one attached hydrogen (secondary N) is 1. The highest BCUT2D eigenvalue weighted by molar-refractivity contribution is 6.06. The maximum atomic E-state index is 13.0. The number of amides is 1. The summed E-state index contributed by atoms with van der Waals surface area (Å²) in [4.78, 5) is 14.4. The number of benzene rings is 2. The molecule has 0 saturated carbocycles. The second-order valence-corrected chi connectivity index (χ2v) is 6.64. The van der Waals surface area contributed by atoms with Crippen molar-refractivity contribution in [3.05, 3.63) is 53.1 Å². The molecule has 0 aromatic heterocycles. The van der Waals surface area contributed by atoms with Gasteiger partial charge in [-0.3, -0.25) is 4.79 Å². The lowest BCUT2D eigenvalue weighted by molar-refractivity contribution is -0.143. The smallest absolute Gasteiger partial charge is 0.416 e. The van der Waals surface area contributed by atoms with Crippen molar-refractivity contribution in [3.8, 4) is 5.75 Å². The van der Waals surface area contributed by atoms with Gasteiger partial charge in [-0.05, 0) is 49.2 Å². The molecule has 2 N–H and O–H groups in total. The van der Waals surface area contributed by atoms with Crippen LogP contribution in [0.4, 0.5) is 37.7 Å². The van der Waals surface area contributed by atoms with E-state index < -0.39 is 40.8 Å². The van der Waals surface area contributed by atoms with Crippen molar-refractivity contribution < 1.29 is 36.2 Å². The average Bonchev–Trinajstić information content (AvgIpc) is 3.15. The highest BCUT2D eigenvalue weighted by Gasteiger charge is 2.37. The lowest BCUT2D eigenvalue weighted by Crippen LogP contribution is -2.19. The van der Waals surface area contributed by atoms with Crippen molar-refractivity contribution >= 4 is 17.3 Å². The Morgan fingerprint density at radius 3 is 1.97 bits per heavy atom. The quantitative estimate of drug-likeness (QED) is 0.667. The zero-order valence-corrected chi connectivity index (χ0v) is 14.9. The number of anilines is 2. The summed E-state index contributed by atoms with van der Waals surface area (Å²) in [6.07, 6.45) is -8.16. The van der Waals surface area contributed by atoms with Crippen molar-refractivity contribution in [2.24, 2.45) is 0 Å². The van der Waals surface area contributed by atoms with Crippen LogP contribution in [0.3, 0.4) is 0 Å². The molecule has 1 heterocycles. The summed E-state index contributed by atoms with van der Waals surface area (Å²) in [6.45, 7) is 1.49. The third-order valence-corrected chi connectivity index (χ3v) is 4.54. The van der Waals surface area contributed by atoms with Gasteiger partial charge in [0.05, 0.1) is 16.7 Å². The molecule has 1 fully saturated rings. The maximum absolute atomic E-state index is 13.0. The van der Waals surface area contributed by atoms with Crippen LogP contribution in [-0.4, -0.2) is 24.1 Å². The number of phenols is 1. The molecule has 2 aromatic carbocycles. The molecule has 10 heteroatoms. The van der Waals surface area contributed by atoms with Gasteiger partial charge in [-0.1, -0.05) is 0 Å². The third-order valence-electron chi connectivity index (χ3n) is 4.54. The van der Waals surface area contributed by atoms with Crippen LogP contribution in [0.5, 0.6) is 5.75 Å². The van der Waals surface area contributed by atoms with Crippen molar-refractivity contribution in [2.45, 2.75) is 25.2 Å². The largest absolute Gasteiger partial charge is 0.507 e. The van der Waals surface area contributed by atoms with Gasteiger partial charge in [-0.25, -0.2) is 0 Å². The predicted molar refractivity (Wildman–Crippen MR) is 94.0 cm³/mol. The molecule has 156 valence electrons. The summed E-state index contributed by atoms with van der Waals surface area (Å²) in [5.74, 6) is -1.45. The lowest BCUT2D eigenvalue weighted by Gasteiger charge is -2.19. The van der Waals surface area contributed by atoms with Gasteiger partial charge in [0.25, 0.3) is 5.91 Å². The standard InChI is InChI=1S/C19H16F6N2O2/c20-18(21,22)11-7-12(19(23,24)25)9-13(8-11)26-17(29)15-10-14(3-4-16(15)28)27-5-1-2-6-27/h3-4,7-10,28H,1-2,5-6H2,(H,26,29). The van der Waals surface area contributed by atoms with Gasteiger partial charge in [0.15, 0.2) is 0 Å². The maximum Gasteiger partial charge on any atom is 0.416 e. The van der Waals surface area contributed by atoms with Gasteiger partial charge in [-0.2, -0.15) is 26.3 Å². The van der Waals surface area contributed by atoms with E-state index in [1.165, 1.54) is 12.1 Å². The molecule has 0 spiro atoms. The van der Waals surface area contributed by atoms with E-state index in [1.807, 2.05) is 10.2 Å². The molecule has 0 unspecified atom stereocenters. The van der Waals surface area contributed by atoms with E-state index in [0.717, 1.165) is 25.9 Å². The number of nitrogens with zero attached hydrogens (tertiary/aromatic N) is 1. The van der Waals surface area contributed by atoms with Crippen molar-refractivity contribution in [1.29, 1.82) is 0 Å². The minimum absolute atomic E-state index is 0.0267. The number of hydrogen-bond donors (Lipinski definition) is 2. The Morgan fingerprint density at radius 1 is 0.897 bits per heavy atom. The summed E-state index contributed by atoms with van der Waals surface area (Å²) in [5, 5.41) is 12.0. The summed E-state index contributed by atoms with van der Waals surface area (Å²) in [5.41, 5.74) is -3.38. The molecular weight excluding hydrogens is 402 g/mol. The molecule has 0 aliphatic carbocycles. The first-order valence-electron chi connectivity index (χ1n) is 8.64. The molecule has 0 bridgehead atoms. The first kappa shape index (κ1) is 20.8. The van der Waals surface area contributed by atoms with Crippen LogP contribution in [0.1, 0.15) is 34.3 Å². The van der Waals surface area contributed by atoms with Gasteiger partial charge in [0.1, 0.15) is 5.75 Å². The molecule has 1 saturated heterocycles. The minimum atomic E-state index is -5.03. The van der Waals surface area contributed by atoms with Crippen LogP contribution < -0.4 is 10.2 Å². The number of rotatable bonds is 3. The molecule has 2 aromatic rings. The molecule has 0 radical (unpaired) electrons. The Labute approximate surface area is 161 Å². The van der Waals surface area contributed by atoms with Gasteiger partial charge in [0.2, 0.25) is 0 Å². The van der Waals surface area contributed by atoms with Gasteiger partial charge in [-0.15, -0.1) is 0 Å². The fourth-order valence-corrected chi connectivity index (χ4v) is 3.10. The summed E-state index contributed by atoms with van der Waals surface area (Å²) >= 11 is 0. The predicted octanol–water partition coefficient (Wildman–Crippen LogP) is 5.28. The van der Waals surface area contributed by atoms with Crippen LogP contribution in [0.2, 0.25) is 0 Å². The molecule has 1 aliphatic rings. The van der Waals surface area contributed by atoms with Crippen LogP contribution in [-0.2, 0) is 12.4 Å². The second kappa shape index (κ2) is 7.49. The van der Waals surface area contributed by atoms with Crippen LogP contribution in [0.15, 0.2) is 36.4 Å². The Bertz CT molecular complexity index is 886. The fraction of sp³-hybridized carbons (Fsp3) is 0.316. The summed E-state index contributed by atoms with van der Waals surface area (Å²) < 4.78 is 77.8. The van der Waals surface area contributed by atoms with E-state index in [-0.39, 0.29) is 11.6 Å². The summed E-state index contributed by atoms with van der Waals surface area (Å²) in [6, 6.07) is 5.00. The first-order chi connectivity index (χ1) is 13.4. The van der Waals surface area contributed by atoms with Gasteiger partial charge < -0.3 is 15.3 Å². The van der Waals surface area contributed by atoms with Crippen molar-refractivity contribution in [2.75, 3.05) is 23.3 Å². The molecule has 0 atom stereocenters. The monoisotopic (exact) mass is 418 g/mol. The van der Waals surface area contributed by atoms with E-state index in [9.17, 15) is 36.2 Å². The minimum Gasteiger partial charge on any atom is -0.507 e. The molecular formula is C19H16F6N2O2. The Balaban J connectivity index is 1.93. The number of alkyl halides is 6. The highest BCUT2D eigenvalue weighted by Crippen LogP contribution is 2.38. The zero-order valence-electron chi connectivity index (χ0n) is 14.9. The Morgan fingerprint density at radius 2 is 1.45 bits per heavy atom. The molecule has 3 rings (SSSR count). The topological polar surface area (TPSA) is 52.6 Å². The molecule has 1 aliphatic heterocycles. The lowest BCUT2D eigenvalue weighted by atomic mass is 10.1. The highest BCUT2D eigenvalue weighted by atomic mass is 19.4.